The SMILES string of the molecule is C[C@H](OC(=O)c1ccccc1NCc1ccco1)C(=O)NNC(=O)c1ccccc1. The number of hydrogen-bond acceptors (Lipinski definition) is 6. The van der Waals surface area contributed by atoms with E-state index in [0.29, 0.717) is 23.6 Å². The van der Waals surface area contributed by atoms with Crippen LogP contribution in [0.25, 0.3) is 0 Å². The average Bonchev–Trinajstić information content (AvgIpc) is 3.30. The molecule has 0 bridgehead atoms. The summed E-state index contributed by atoms with van der Waals surface area (Å²) >= 11 is 0. The van der Waals surface area contributed by atoms with Crippen LogP contribution in [0.15, 0.2) is 77.4 Å². The smallest absolute Gasteiger partial charge is 0.341 e. The van der Waals surface area contributed by atoms with Crippen LogP contribution in [-0.4, -0.2) is 23.9 Å². The fourth-order valence-electron chi connectivity index (χ4n) is 2.57. The van der Waals surface area contributed by atoms with E-state index in [9.17, 15) is 14.4 Å². The predicted molar refractivity (Wildman–Crippen MR) is 109 cm³/mol. The van der Waals surface area contributed by atoms with Crippen molar-refractivity contribution in [2.24, 2.45) is 0 Å². The quantitative estimate of drug-likeness (QED) is 0.410. The van der Waals surface area contributed by atoms with Crippen molar-refractivity contribution in [2.75, 3.05) is 5.32 Å². The van der Waals surface area contributed by atoms with E-state index in [4.69, 9.17) is 9.15 Å². The predicted octanol–water partition coefficient (Wildman–Crippen LogP) is 2.90. The van der Waals surface area contributed by atoms with Crippen LogP contribution in [0.2, 0.25) is 0 Å². The molecule has 0 fully saturated rings. The van der Waals surface area contributed by atoms with Crippen molar-refractivity contribution in [1.29, 1.82) is 0 Å². The highest BCUT2D eigenvalue weighted by atomic mass is 16.5. The lowest BCUT2D eigenvalue weighted by molar-refractivity contribution is -0.129. The van der Waals surface area contributed by atoms with Crippen LogP contribution >= 0.6 is 0 Å². The third kappa shape index (κ3) is 5.48. The Morgan fingerprint density at radius 1 is 0.933 bits per heavy atom. The molecule has 0 spiro atoms. The zero-order valence-corrected chi connectivity index (χ0v) is 16.3. The molecule has 0 saturated carbocycles. The van der Waals surface area contributed by atoms with Crippen LogP contribution in [-0.2, 0) is 16.1 Å². The lowest BCUT2D eigenvalue weighted by Gasteiger charge is -2.16. The van der Waals surface area contributed by atoms with E-state index in [-0.39, 0.29) is 5.56 Å². The number of carbonyl (C=O) groups is 3. The number of para-hydroxylation sites is 1. The second-order valence-electron chi connectivity index (χ2n) is 6.34. The molecule has 30 heavy (non-hydrogen) atoms. The van der Waals surface area contributed by atoms with Gasteiger partial charge >= 0.3 is 5.97 Å². The molecule has 1 atom stereocenters. The van der Waals surface area contributed by atoms with Crippen LogP contribution in [0.4, 0.5) is 5.69 Å². The van der Waals surface area contributed by atoms with Gasteiger partial charge in [-0.05, 0) is 43.3 Å². The maximum atomic E-state index is 12.5. The van der Waals surface area contributed by atoms with Gasteiger partial charge in [-0.1, -0.05) is 30.3 Å². The van der Waals surface area contributed by atoms with Crippen LogP contribution in [0.3, 0.4) is 0 Å². The van der Waals surface area contributed by atoms with E-state index in [1.165, 1.54) is 6.92 Å². The number of anilines is 1. The van der Waals surface area contributed by atoms with Gasteiger partial charge in [-0.15, -0.1) is 0 Å². The number of hydrazine groups is 1. The van der Waals surface area contributed by atoms with Gasteiger partial charge in [0, 0.05) is 11.3 Å². The van der Waals surface area contributed by atoms with Gasteiger partial charge in [0.15, 0.2) is 6.10 Å². The van der Waals surface area contributed by atoms with Gasteiger partial charge in [0.25, 0.3) is 11.8 Å². The van der Waals surface area contributed by atoms with Crippen LogP contribution in [0.5, 0.6) is 0 Å². The number of furan rings is 1. The molecule has 0 radical (unpaired) electrons. The third-order valence-corrected chi connectivity index (χ3v) is 4.17. The molecule has 0 saturated heterocycles. The number of hydrogen-bond donors (Lipinski definition) is 3. The number of rotatable bonds is 7. The van der Waals surface area contributed by atoms with Crippen molar-refractivity contribution in [3.8, 4) is 0 Å². The molecular weight excluding hydrogens is 386 g/mol. The number of amides is 2. The van der Waals surface area contributed by atoms with Crippen LogP contribution in [0, 0.1) is 0 Å². The van der Waals surface area contributed by atoms with Gasteiger partial charge in [0.1, 0.15) is 5.76 Å². The molecule has 0 unspecified atom stereocenters. The Bertz CT molecular complexity index is 1000. The molecule has 3 rings (SSSR count). The molecular formula is C22H21N3O5. The molecule has 8 nitrogen and oxygen atoms in total. The Labute approximate surface area is 173 Å². The zero-order chi connectivity index (χ0) is 21.3. The molecule has 0 aliphatic heterocycles. The van der Waals surface area contributed by atoms with Crippen molar-refractivity contribution in [2.45, 2.75) is 19.6 Å². The Balaban J connectivity index is 1.54. The molecule has 1 heterocycles. The number of carbonyl (C=O) groups excluding carboxylic acids is 3. The van der Waals surface area contributed by atoms with E-state index < -0.39 is 23.9 Å². The maximum Gasteiger partial charge on any atom is 0.341 e. The summed E-state index contributed by atoms with van der Waals surface area (Å²) in [6, 6.07) is 18.8. The zero-order valence-electron chi connectivity index (χ0n) is 16.3. The first-order chi connectivity index (χ1) is 14.5. The third-order valence-electron chi connectivity index (χ3n) is 4.17. The largest absolute Gasteiger partial charge is 0.467 e. The first-order valence-corrected chi connectivity index (χ1v) is 9.26. The fourth-order valence-corrected chi connectivity index (χ4v) is 2.57. The summed E-state index contributed by atoms with van der Waals surface area (Å²) in [5.74, 6) is -1.10. The number of esters is 1. The normalized spacial score (nSPS) is 11.2. The van der Waals surface area contributed by atoms with Gasteiger partial charge < -0.3 is 14.5 Å². The van der Waals surface area contributed by atoms with Crippen molar-refractivity contribution < 1.29 is 23.5 Å². The van der Waals surface area contributed by atoms with Crippen molar-refractivity contribution in [3.63, 3.8) is 0 Å². The average molecular weight is 407 g/mol. The maximum absolute atomic E-state index is 12.5. The van der Waals surface area contributed by atoms with Gasteiger partial charge in [-0.25, -0.2) is 4.79 Å². The van der Waals surface area contributed by atoms with E-state index in [0.717, 1.165) is 0 Å². The summed E-state index contributed by atoms with van der Waals surface area (Å²) in [4.78, 5) is 36.7. The monoisotopic (exact) mass is 407 g/mol. The van der Waals surface area contributed by atoms with E-state index in [1.54, 1.807) is 66.9 Å². The van der Waals surface area contributed by atoms with Crippen molar-refractivity contribution in [1.82, 2.24) is 10.9 Å². The van der Waals surface area contributed by atoms with Gasteiger partial charge in [0.05, 0.1) is 18.4 Å². The van der Waals surface area contributed by atoms with Gasteiger partial charge in [-0.2, -0.15) is 0 Å². The van der Waals surface area contributed by atoms with E-state index in [1.807, 2.05) is 6.07 Å². The fraction of sp³-hybridized carbons (Fsp3) is 0.136. The minimum Gasteiger partial charge on any atom is -0.467 e. The van der Waals surface area contributed by atoms with Crippen molar-refractivity contribution >= 4 is 23.5 Å². The summed E-state index contributed by atoms with van der Waals surface area (Å²) in [6.45, 7) is 1.81. The molecule has 0 aliphatic carbocycles. The molecule has 3 N–H and O–H groups in total. The van der Waals surface area contributed by atoms with E-state index >= 15 is 0 Å². The molecule has 1 aromatic heterocycles. The topological polar surface area (TPSA) is 110 Å². The molecule has 8 heteroatoms. The number of nitrogens with one attached hydrogen (secondary N) is 3. The van der Waals surface area contributed by atoms with Crippen LogP contribution < -0.4 is 16.2 Å². The van der Waals surface area contributed by atoms with Crippen molar-refractivity contribution in [3.05, 3.63) is 89.9 Å². The molecule has 0 aliphatic rings. The minimum atomic E-state index is -1.12. The first kappa shape index (κ1) is 20.7. The Morgan fingerprint density at radius 3 is 2.40 bits per heavy atom. The van der Waals surface area contributed by atoms with Crippen LogP contribution in [0.1, 0.15) is 33.4 Å². The molecule has 154 valence electrons. The second kappa shape index (κ2) is 9.92. The summed E-state index contributed by atoms with van der Waals surface area (Å²) < 4.78 is 10.5. The number of ether oxygens (including phenoxy) is 1. The summed E-state index contributed by atoms with van der Waals surface area (Å²) in [5.41, 5.74) is 5.75. The minimum absolute atomic E-state index is 0.275. The molecule has 2 amide bonds. The summed E-state index contributed by atoms with van der Waals surface area (Å²) in [7, 11) is 0. The molecule has 3 aromatic rings. The lowest BCUT2D eigenvalue weighted by atomic mass is 10.1. The lowest BCUT2D eigenvalue weighted by Crippen LogP contribution is -2.46. The Morgan fingerprint density at radius 2 is 1.67 bits per heavy atom. The van der Waals surface area contributed by atoms with Gasteiger partial charge in [-0.3, -0.25) is 20.4 Å². The standard InChI is InChI=1S/C22H21N3O5/c1-15(20(26)24-25-21(27)16-8-3-2-4-9-16)30-22(28)18-11-5-6-12-19(18)23-14-17-10-7-13-29-17/h2-13,15,23H,14H2,1H3,(H,24,26)(H,25,27)/t15-/m0/s1. The first-order valence-electron chi connectivity index (χ1n) is 9.26. The Kier molecular flexibility index (Phi) is 6.83. The summed E-state index contributed by atoms with van der Waals surface area (Å²) in [6.07, 6.45) is 0.445. The second-order valence-corrected chi connectivity index (χ2v) is 6.34. The molecule has 2 aromatic carbocycles. The highest BCUT2D eigenvalue weighted by Crippen LogP contribution is 2.18. The van der Waals surface area contributed by atoms with E-state index in [2.05, 4.69) is 16.2 Å². The highest BCUT2D eigenvalue weighted by Gasteiger charge is 2.21. The van der Waals surface area contributed by atoms with Gasteiger partial charge in [0.2, 0.25) is 0 Å². The summed E-state index contributed by atoms with van der Waals surface area (Å²) in [5, 5.41) is 3.11. The number of benzene rings is 2. The highest BCUT2D eigenvalue weighted by molar-refractivity contribution is 5.98. The Hall–Kier alpha value is -4.07.